The summed E-state index contributed by atoms with van der Waals surface area (Å²) in [6, 6.07) is 5.67. The van der Waals surface area contributed by atoms with E-state index in [1.54, 1.807) is 9.80 Å². The summed E-state index contributed by atoms with van der Waals surface area (Å²) >= 11 is 0. The van der Waals surface area contributed by atoms with E-state index in [9.17, 15) is 27.2 Å². The van der Waals surface area contributed by atoms with Gasteiger partial charge in [0.2, 0.25) is 5.91 Å². The standard InChI is InChI=1S/C21H21F4N3O2/c22-15-3-1-13(2-4-15)21(30)28-7-5-27(6-8-28)20(29)11-16(26)9-14-10-18(24)19(25)12-17(14)23/h1-4,10,12,16H,5-9,11,26H2. The highest BCUT2D eigenvalue weighted by atomic mass is 19.2. The summed E-state index contributed by atoms with van der Waals surface area (Å²) < 4.78 is 53.1. The molecule has 30 heavy (non-hydrogen) atoms. The lowest BCUT2D eigenvalue weighted by Gasteiger charge is -2.35. The van der Waals surface area contributed by atoms with Gasteiger partial charge in [-0.15, -0.1) is 0 Å². The van der Waals surface area contributed by atoms with Gasteiger partial charge in [-0.25, -0.2) is 17.6 Å². The number of nitrogens with zero attached hydrogens (tertiary/aromatic N) is 2. The third kappa shape index (κ3) is 5.15. The van der Waals surface area contributed by atoms with Crippen molar-refractivity contribution in [1.29, 1.82) is 0 Å². The van der Waals surface area contributed by atoms with E-state index in [1.807, 2.05) is 0 Å². The molecule has 1 fully saturated rings. The van der Waals surface area contributed by atoms with Gasteiger partial charge in [0.05, 0.1) is 0 Å². The molecule has 2 N–H and O–H groups in total. The van der Waals surface area contributed by atoms with Crippen LogP contribution in [0.3, 0.4) is 0 Å². The smallest absolute Gasteiger partial charge is 0.253 e. The Morgan fingerprint density at radius 3 is 2.07 bits per heavy atom. The van der Waals surface area contributed by atoms with Crippen LogP contribution in [0.2, 0.25) is 0 Å². The fraction of sp³-hybridized carbons (Fsp3) is 0.333. The number of piperazine rings is 1. The molecule has 0 radical (unpaired) electrons. The van der Waals surface area contributed by atoms with Crippen molar-refractivity contribution in [1.82, 2.24) is 9.80 Å². The number of benzene rings is 2. The molecule has 0 saturated carbocycles. The number of hydrogen-bond donors (Lipinski definition) is 1. The second kappa shape index (κ2) is 9.25. The summed E-state index contributed by atoms with van der Waals surface area (Å²) in [5.74, 6) is -4.31. The molecule has 1 atom stereocenters. The second-order valence-electron chi connectivity index (χ2n) is 7.21. The minimum absolute atomic E-state index is 0.0929. The van der Waals surface area contributed by atoms with Gasteiger partial charge in [-0.05, 0) is 42.3 Å². The van der Waals surface area contributed by atoms with Crippen LogP contribution in [0.15, 0.2) is 36.4 Å². The maximum atomic E-state index is 13.7. The normalized spacial score (nSPS) is 15.2. The van der Waals surface area contributed by atoms with Crippen LogP contribution < -0.4 is 5.73 Å². The van der Waals surface area contributed by atoms with Crippen LogP contribution in [-0.4, -0.2) is 53.8 Å². The van der Waals surface area contributed by atoms with Crippen LogP contribution >= 0.6 is 0 Å². The number of hydrogen-bond acceptors (Lipinski definition) is 3. The molecule has 5 nitrogen and oxygen atoms in total. The van der Waals surface area contributed by atoms with Gasteiger partial charge < -0.3 is 15.5 Å². The third-order valence-corrected chi connectivity index (χ3v) is 5.02. The first-order valence-electron chi connectivity index (χ1n) is 9.46. The van der Waals surface area contributed by atoms with E-state index in [0.717, 1.165) is 6.07 Å². The molecule has 9 heteroatoms. The van der Waals surface area contributed by atoms with Gasteiger partial charge in [-0.3, -0.25) is 9.59 Å². The predicted molar refractivity (Wildman–Crippen MR) is 101 cm³/mol. The van der Waals surface area contributed by atoms with E-state index >= 15 is 0 Å². The molecule has 0 spiro atoms. The maximum absolute atomic E-state index is 13.7. The third-order valence-electron chi connectivity index (χ3n) is 5.02. The molecule has 160 valence electrons. The molecule has 2 aromatic rings. The van der Waals surface area contributed by atoms with E-state index in [-0.39, 0.29) is 30.2 Å². The lowest BCUT2D eigenvalue weighted by molar-refractivity contribution is -0.133. The minimum Gasteiger partial charge on any atom is -0.339 e. The van der Waals surface area contributed by atoms with Crippen molar-refractivity contribution in [3.05, 3.63) is 70.8 Å². The Balaban J connectivity index is 1.51. The molecule has 1 heterocycles. The van der Waals surface area contributed by atoms with Gasteiger partial charge in [0, 0.05) is 50.3 Å². The fourth-order valence-corrected chi connectivity index (χ4v) is 3.36. The first kappa shape index (κ1) is 21.8. The second-order valence-corrected chi connectivity index (χ2v) is 7.21. The van der Waals surface area contributed by atoms with E-state index in [4.69, 9.17) is 5.73 Å². The Labute approximate surface area is 171 Å². The molecular formula is C21H21F4N3O2. The van der Waals surface area contributed by atoms with Crippen molar-refractivity contribution in [2.45, 2.75) is 18.9 Å². The number of nitrogens with two attached hydrogens (primary N) is 1. The van der Waals surface area contributed by atoms with Crippen molar-refractivity contribution >= 4 is 11.8 Å². The summed E-state index contributed by atoms with van der Waals surface area (Å²) in [6.07, 6.45) is -0.206. The molecule has 1 saturated heterocycles. The quantitative estimate of drug-likeness (QED) is 0.594. The first-order chi connectivity index (χ1) is 14.2. The fourth-order valence-electron chi connectivity index (χ4n) is 3.36. The van der Waals surface area contributed by atoms with Gasteiger partial charge in [0.15, 0.2) is 11.6 Å². The SMILES string of the molecule is NC(CC(=O)N1CCN(C(=O)c2ccc(F)cc2)CC1)Cc1cc(F)c(F)cc1F. The van der Waals surface area contributed by atoms with E-state index < -0.39 is 29.3 Å². The highest BCUT2D eigenvalue weighted by Crippen LogP contribution is 2.17. The summed E-state index contributed by atoms with van der Waals surface area (Å²) in [5.41, 5.74) is 6.18. The zero-order chi connectivity index (χ0) is 21.8. The highest BCUT2D eigenvalue weighted by molar-refractivity contribution is 5.94. The molecule has 0 bridgehead atoms. The Hall–Kier alpha value is -2.94. The largest absolute Gasteiger partial charge is 0.339 e. The average Bonchev–Trinajstić information content (AvgIpc) is 2.72. The van der Waals surface area contributed by atoms with Crippen LogP contribution in [-0.2, 0) is 11.2 Å². The van der Waals surface area contributed by atoms with E-state index in [1.165, 1.54) is 24.3 Å². The molecule has 3 rings (SSSR count). The topological polar surface area (TPSA) is 66.6 Å². The van der Waals surface area contributed by atoms with Crippen LogP contribution in [0, 0.1) is 23.3 Å². The van der Waals surface area contributed by atoms with E-state index in [0.29, 0.717) is 37.8 Å². The molecule has 1 aliphatic heterocycles. The molecule has 0 aliphatic carbocycles. The van der Waals surface area contributed by atoms with Crippen LogP contribution in [0.25, 0.3) is 0 Å². The lowest BCUT2D eigenvalue weighted by atomic mass is 10.0. The number of halogens is 4. The van der Waals surface area contributed by atoms with Crippen molar-refractivity contribution in [3.8, 4) is 0 Å². The molecule has 2 aromatic carbocycles. The summed E-state index contributed by atoms with van der Waals surface area (Å²) in [7, 11) is 0. The maximum Gasteiger partial charge on any atom is 0.253 e. The van der Waals surface area contributed by atoms with Crippen molar-refractivity contribution in [2.75, 3.05) is 26.2 Å². The molecule has 1 unspecified atom stereocenters. The summed E-state index contributed by atoms with van der Waals surface area (Å²) in [5, 5.41) is 0. The number of amides is 2. The molecule has 1 aliphatic rings. The average molecular weight is 423 g/mol. The summed E-state index contributed by atoms with van der Waals surface area (Å²) in [4.78, 5) is 28.0. The lowest BCUT2D eigenvalue weighted by Crippen LogP contribution is -2.51. The van der Waals surface area contributed by atoms with Crippen molar-refractivity contribution in [2.24, 2.45) is 5.73 Å². The van der Waals surface area contributed by atoms with Crippen LogP contribution in [0.5, 0.6) is 0 Å². The molecule has 2 amide bonds. The monoisotopic (exact) mass is 423 g/mol. The zero-order valence-electron chi connectivity index (χ0n) is 16.1. The van der Waals surface area contributed by atoms with Crippen LogP contribution in [0.1, 0.15) is 22.3 Å². The molecular weight excluding hydrogens is 402 g/mol. The number of rotatable bonds is 5. The van der Waals surface area contributed by atoms with Crippen molar-refractivity contribution in [3.63, 3.8) is 0 Å². The van der Waals surface area contributed by atoms with Gasteiger partial charge in [0.1, 0.15) is 11.6 Å². The van der Waals surface area contributed by atoms with Gasteiger partial charge in [-0.1, -0.05) is 0 Å². The Morgan fingerprint density at radius 2 is 1.43 bits per heavy atom. The first-order valence-corrected chi connectivity index (χ1v) is 9.46. The van der Waals surface area contributed by atoms with Gasteiger partial charge >= 0.3 is 0 Å². The Kier molecular flexibility index (Phi) is 6.71. The zero-order valence-corrected chi connectivity index (χ0v) is 16.1. The predicted octanol–water partition coefficient (Wildman–Crippen LogP) is 2.49. The Bertz CT molecular complexity index is 929. The van der Waals surface area contributed by atoms with E-state index in [2.05, 4.69) is 0 Å². The summed E-state index contributed by atoms with van der Waals surface area (Å²) in [6.45, 7) is 1.24. The van der Waals surface area contributed by atoms with Gasteiger partial charge in [0.25, 0.3) is 5.91 Å². The van der Waals surface area contributed by atoms with Gasteiger partial charge in [-0.2, -0.15) is 0 Å². The Morgan fingerprint density at radius 1 is 0.867 bits per heavy atom. The minimum atomic E-state index is -1.28. The number of carbonyl (C=O) groups excluding carboxylic acids is 2. The highest BCUT2D eigenvalue weighted by Gasteiger charge is 2.26. The number of carbonyl (C=O) groups is 2. The molecule has 0 aromatic heterocycles. The van der Waals surface area contributed by atoms with Crippen LogP contribution in [0.4, 0.5) is 17.6 Å². The van der Waals surface area contributed by atoms with Crippen molar-refractivity contribution < 1.29 is 27.2 Å².